The minimum absolute atomic E-state index is 0.00153. The number of fused-ring (bicyclic) bond motifs is 12. The molecule has 12 atom stereocenters. The van der Waals surface area contributed by atoms with Gasteiger partial charge >= 0.3 is 5.97 Å². The van der Waals surface area contributed by atoms with Gasteiger partial charge in [-0.2, -0.15) is 0 Å². The average molecular weight is 1510 g/mol. The Balaban J connectivity index is 0.000000109. The van der Waals surface area contributed by atoms with Crippen LogP contribution in [0.15, 0.2) is 195 Å². The zero-order chi connectivity index (χ0) is 77.6. The summed E-state index contributed by atoms with van der Waals surface area (Å²) in [6, 6.07) is 53.2. The van der Waals surface area contributed by atoms with Crippen molar-refractivity contribution in [1.29, 1.82) is 0 Å². The second-order valence-corrected chi connectivity index (χ2v) is 29.5. The number of nitrogens with two attached hydrogens (primary N) is 1. The van der Waals surface area contributed by atoms with Gasteiger partial charge < -0.3 is 26.8 Å². The van der Waals surface area contributed by atoms with E-state index in [2.05, 4.69) is 103 Å². The number of rotatable bonds is 15. The number of Topliss-reactive ketones (excluding diaryl/α,β-unsaturated/α-hetero) is 4. The first-order valence-corrected chi connectivity index (χ1v) is 37.7. The molecule has 113 heavy (non-hydrogen) atoms. The standard InChI is InChI=1S/3C21H19N5O2.C11H12N2O.C10H9N3O2/c3*27-17-11-16-13(7-4-8-22-16)14-10-15(14)19(17)24-21(28)20-23-18(25-26-20)9-12-5-2-1-3-6-12;12-11-8-4-7(8)6-2-1-3-13-9(6)5-10(11)14;14-10(15)9-11-8(12-13-9)6-7-4-2-1-3-5-7/h3*1-8,14-15,19H,9-11H2,(H,24,28)(H,23,25,26);1-3,7-8,11H,4-5,12H2;1-5H,6H2,(H,14,15)(H,11,12,13)/t3*14-,15-,19-;7-,8-,11-;/m1000./s1. The lowest BCUT2D eigenvalue weighted by Gasteiger charge is -2.14. The van der Waals surface area contributed by atoms with E-state index in [-0.39, 0.29) is 89.5 Å². The van der Waals surface area contributed by atoms with Crippen molar-refractivity contribution in [3.05, 3.63) is 309 Å². The number of H-pyrrole nitrogens is 4. The second-order valence-electron chi connectivity index (χ2n) is 29.5. The summed E-state index contributed by atoms with van der Waals surface area (Å²) in [5, 5.41) is 43.9. The molecule has 0 spiro atoms. The number of nitrogens with one attached hydrogen (secondary N) is 7. The van der Waals surface area contributed by atoms with Gasteiger partial charge in [-0.3, -0.25) is 73.9 Å². The number of carbonyl (C=O) groups is 8. The topological polar surface area (TPSA) is 437 Å². The maximum absolute atomic E-state index is 12.7. The van der Waals surface area contributed by atoms with Crippen LogP contribution in [0.1, 0.15) is 182 Å². The molecule has 12 aromatic rings. The van der Waals surface area contributed by atoms with E-state index < -0.39 is 41.8 Å². The molecular weight excluding hydrogens is 1430 g/mol. The van der Waals surface area contributed by atoms with Crippen molar-refractivity contribution in [2.75, 3.05) is 0 Å². The Morgan fingerprint density at radius 3 is 0.885 bits per heavy atom. The molecule has 8 aromatic heterocycles. The van der Waals surface area contributed by atoms with E-state index in [4.69, 9.17) is 10.8 Å². The summed E-state index contributed by atoms with van der Waals surface area (Å²) in [4.78, 5) is 132. The summed E-state index contributed by atoms with van der Waals surface area (Å²) in [5.74, 6) is 2.32. The number of carboxylic acids is 1. The van der Waals surface area contributed by atoms with Gasteiger partial charge in [0.15, 0.2) is 23.1 Å². The van der Waals surface area contributed by atoms with Gasteiger partial charge in [-0.15, -0.1) is 20.4 Å². The maximum atomic E-state index is 12.7. The highest BCUT2D eigenvalue weighted by atomic mass is 16.4. The molecule has 20 rings (SSSR count). The van der Waals surface area contributed by atoms with E-state index in [1.54, 1.807) is 24.8 Å². The summed E-state index contributed by atoms with van der Waals surface area (Å²) < 4.78 is 0. The third kappa shape index (κ3) is 17.3. The highest BCUT2D eigenvalue weighted by molar-refractivity contribution is 5.99. The monoisotopic (exact) mass is 1510 g/mol. The number of carbonyl (C=O) groups excluding carboxylic acids is 7. The molecule has 0 bridgehead atoms. The molecule has 8 aliphatic rings. The highest BCUT2D eigenvalue weighted by Crippen LogP contribution is 2.55. The molecule has 8 heterocycles. The molecule has 29 heteroatoms. The van der Waals surface area contributed by atoms with Gasteiger partial charge in [-0.25, -0.2) is 24.7 Å². The fraction of sp³-hybridized carbons (Fsp3) is 0.286. The molecule has 4 aromatic carbocycles. The van der Waals surface area contributed by atoms with E-state index in [0.29, 0.717) is 85.0 Å². The summed E-state index contributed by atoms with van der Waals surface area (Å²) in [6.45, 7) is 0. The van der Waals surface area contributed by atoms with Crippen LogP contribution in [0.25, 0.3) is 0 Å². The predicted octanol–water partition coefficient (Wildman–Crippen LogP) is 7.18. The largest absolute Gasteiger partial charge is 0.475 e. The normalized spacial score (nSPS) is 22.5. The van der Waals surface area contributed by atoms with Gasteiger partial charge in [0.2, 0.25) is 17.5 Å². The zero-order valence-electron chi connectivity index (χ0n) is 61.0. The smallest absolute Gasteiger partial charge is 0.375 e. The van der Waals surface area contributed by atoms with Gasteiger partial charge in [0.05, 0.1) is 72.6 Å². The Bertz CT molecular complexity index is 5120. The summed E-state index contributed by atoms with van der Waals surface area (Å²) in [6.07, 6.45) is 14.0. The lowest BCUT2D eigenvalue weighted by Crippen LogP contribution is -2.43. The van der Waals surface area contributed by atoms with Gasteiger partial charge in [0.1, 0.15) is 23.3 Å². The molecule has 8 aliphatic carbocycles. The number of aromatic nitrogens is 16. The molecule has 10 N–H and O–H groups in total. The number of aromatic amines is 4. The van der Waals surface area contributed by atoms with Crippen LogP contribution in [-0.2, 0) is 70.5 Å². The maximum Gasteiger partial charge on any atom is 0.375 e. The summed E-state index contributed by atoms with van der Waals surface area (Å²) in [5.41, 5.74) is 18.3. The first kappa shape index (κ1) is 73.7. The van der Waals surface area contributed by atoms with Crippen molar-refractivity contribution >= 4 is 46.8 Å². The molecule has 4 saturated carbocycles. The van der Waals surface area contributed by atoms with Crippen molar-refractivity contribution < 1.29 is 43.5 Å². The van der Waals surface area contributed by atoms with Gasteiger partial charge in [0.25, 0.3) is 23.5 Å². The van der Waals surface area contributed by atoms with E-state index >= 15 is 0 Å². The fourth-order valence-electron chi connectivity index (χ4n) is 15.8. The van der Waals surface area contributed by atoms with Crippen molar-refractivity contribution in [2.24, 2.45) is 29.4 Å². The van der Waals surface area contributed by atoms with E-state index in [1.807, 2.05) is 164 Å². The molecule has 4 fully saturated rings. The van der Waals surface area contributed by atoms with E-state index in [0.717, 1.165) is 87.4 Å². The summed E-state index contributed by atoms with van der Waals surface area (Å²) >= 11 is 0. The summed E-state index contributed by atoms with van der Waals surface area (Å²) in [7, 11) is 0. The minimum Gasteiger partial charge on any atom is -0.475 e. The Hall–Kier alpha value is -13.4. The number of hydrogen-bond donors (Lipinski definition) is 9. The van der Waals surface area contributed by atoms with Crippen molar-refractivity contribution in [1.82, 2.24) is 96.6 Å². The lowest BCUT2D eigenvalue weighted by atomic mass is 10.1. The number of carboxylic acid groups (broad SMARTS) is 1. The quantitative estimate of drug-likeness (QED) is 0.0490. The molecule has 0 unspecified atom stereocenters. The number of hydrogen-bond acceptors (Lipinski definition) is 21. The van der Waals surface area contributed by atoms with Crippen LogP contribution in [0, 0.1) is 23.7 Å². The average Bonchev–Trinajstić information content (AvgIpc) is 1.61. The van der Waals surface area contributed by atoms with Crippen LogP contribution in [0.5, 0.6) is 0 Å². The predicted molar refractivity (Wildman–Crippen MR) is 406 cm³/mol. The lowest BCUT2D eigenvalue weighted by molar-refractivity contribution is -0.121. The Kier molecular flexibility index (Phi) is 21.3. The third-order valence-electron chi connectivity index (χ3n) is 21.8. The van der Waals surface area contributed by atoms with Crippen LogP contribution < -0.4 is 21.7 Å². The second kappa shape index (κ2) is 32.6. The van der Waals surface area contributed by atoms with Crippen LogP contribution in [0.2, 0.25) is 0 Å². The highest BCUT2D eigenvalue weighted by Gasteiger charge is 2.54. The number of amides is 3. The zero-order valence-corrected chi connectivity index (χ0v) is 61.0. The van der Waals surface area contributed by atoms with Crippen molar-refractivity contribution in [3.63, 3.8) is 0 Å². The Morgan fingerprint density at radius 2 is 0.602 bits per heavy atom. The molecule has 0 radical (unpaired) electrons. The molecule has 29 nitrogen and oxygen atoms in total. The van der Waals surface area contributed by atoms with Crippen LogP contribution in [0.3, 0.4) is 0 Å². The first-order valence-electron chi connectivity index (χ1n) is 37.7. The SMILES string of the molecule is N[C@@H]1C(=O)Cc2ncccc2[C@@H]2C[C@H]12.O=C(N[C@@H]1C(=O)Cc2ncccc2[C@@H]2C[C@H]12)c1n[nH]c(Cc2ccccc2)n1.O=C(N[C@@H]1C(=O)Cc2ncccc2[C@@H]2C[C@H]12)c1n[nH]c(Cc2ccccc2)n1.O=C(N[C@H]1C(=O)Cc2ncccc2[C@H]2C[C@H]21)c1n[nH]c(Cc2ccccc2)n1.O=C(O)c1n[nH]c(Cc2ccccc2)n1. The van der Waals surface area contributed by atoms with Crippen LogP contribution >= 0.6 is 0 Å². The van der Waals surface area contributed by atoms with E-state index in [1.165, 1.54) is 5.56 Å². The molecule has 0 saturated heterocycles. The van der Waals surface area contributed by atoms with Crippen LogP contribution in [0.4, 0.5) is 0 Å². The first-order chi connectivity index (χ1) is 55.1. The van der Waals surface area contributed by atoms with Crippen molar-refractivity contribution in [3.8, 4) is 0 Å². The number of benzene rings is 4. The Labute approximate surface area is 646 Å². The molecule has 568 valence electrons. The Morgan fingerprint density at radius 1 is 0.345 bits per heavy atom. The van der Waals surface area contributed by atoms with Crippen LogP contribution in [-0.4, -0.2) is 157 Å². The molecule has 0 aliphatic heterocycles. The third-order valence-corrected chi connectivity index (χ3v) is 21.8. The number of ketones is 4. The number of pyridine rings is 4. The molecular formula is C84H78N20O9. The van der Waals surface area contributed by atoms with Gasteiger partial charge in [-0.1, -0.05) is 146 Å². The van der Waals surface area contributed by atoms with Crippen molar-refractivity contribution in [2.45, 2.75) is 125 Å². The number of aromatic carboxylic acids is 1. The fourth-order valence-corrected chi connectivity index (χ4v) is 15.8. The van der Waals surface area contributed by atoms with Gasteiger partial charge in [0, 0.05) is 50.5 Å². The minimum atomic E-state index is -1.12. The number of nitrogens with zero attached hydrogens (tertiary/aromatic N) is 12. The van der Waals surface area contributed by atoms with E-state index in [9.17, 15) is 38.4 Å². The molecule has 3 amide bonds. The van der Waals surface area contributed by atoms with Gasteiger partial charge in [-0.05, 0) is 142 Å².